The number of benzene rings is 1. The maximum Gasteiger partial charge on any atom is 0.267 e. The third-order valence-electron chi connectivity index (χ3n) is 2.62. The molecule has 0 aliphatic carbocycles. The van der Waals surface area contributed by atoms with Gasteiger partial charge >= 0.3 is 0 Å². The minimum absolute atomic E-state index is 0.189. The Hall–Kier alpha value is -1.11. The molecule has 0 spiro atoms. The van der Waals surface area contributed by atoms with Gasteiger partial charge in [-0.1, -0.05) is 12.1 Å². The average Bonchev–Trinajstić information content (AvgIpc) is 2.21. The predicted octanol–water partition coefficient (Wildman–Crippen LogP) is 1.22. The highest BCUT2D eigenvalue weighted by atomic mass is 32.2. The van der Waals surface area contributed by atoms with Crippen molar-refractivity contribution >= 4 is 15.8 Å². The maximum absolute atomic E-state index is 10.7. The van der Waals surface area contributed by atoms with Crippen LogP contribution >= 0.6 is 0 Å². The highest BCUT2D eigenvalue weighted by molar-refractivity contribution is 7.85. The topological polar surface area (TPSA) is 86.6 Å². The average molecular weight is 273 g/mol. The van der Waals surface area contributed by atoms with Crippen molar-refractivity contribution in [1.29, 1.82) is 0 Å². The van der Waals surface area contributed by atoms with Crippen molar-refractivity contribution in [3.8, 4) is 0 Å². The molecule has 5 nitrogen and oxygen atoms in total. The fraction of sp³-hybridized carbons (Fsp3) is 0.500. The van der Waals surface area contributed by atoms with E-state index in [-0.39, 0.29) is 6.42 Å². The van der Waals surface area contributed by atoms with Crippen LogP contribution in [0.4, 0.5) is 5.69 Å². The number of aliphatic hydroxyl groups excluding tert-OH is 1. The standard InChI is InChI=1S/C12H19NO4S/c1-3-13-12-6-4-5-9(2)11(12)7-10(14)8-18(15,16)17/h4-6,10,13-14H,3,7-8H2,1-2H3,(H,15,16,17). The molecule has 1 aromatic rings. The van der Waals surface area contributed by atoms with E-state index < -0.39 is 22.0 Å². The maximum atomic E-state index is 10.7. The Labute approximate surface area is 108 Å². The van der Waals surface area contributed by atoms with Gasteiger partial charge in [-0.2, -0.15) is 8.42 Å². The number of aryl methyl sites for hydroxylation is 1. The molecule has 0 aliphatic heterocycles. The zero-order valence-corrected chi connectivity index (χ0v) is 11.4. The van der Waals surface area contributed by atoms with Crippen LogP contribution in [-0.2, 0) is 16.5 Å². The quantitative estimate of drug-likeness (QED) is 0.678. The molecule has 0 fully saturated rings. The molecular weight excluding hydrogens is 254 g/mol. The van der Waals surface area contributed by atoms with Crippen molar-refractivity contribution in [2.75, 3.05) is 17.6 Å². The van der Waals surface area contributed by atoms with Crippen LogP contribution in [-0.4, -0.2) is 36.5 Å². The van der Waals surface area contributed by atoms with Crippen molar-refractivity contribution in [3.05, 3.63) is 29.3 Å². The van der Waals surface area contributed by atoms with E-state index in [2.05, 4.69) is 5.32 Å². The van der Waals surface area contributed by atoms with E-state index in [0.29, 0.717) is 0 Å². The van der Waals surface area contributed by atoms with Gasteiger partial charge in [0.15, 0.2) is 0 Å². The number of hydrogen-bond donors (Lipinski definition) is 3. The summed E-state index contributed by atoms with van der Waals surface area (Å²) in [7, 11) is -4.15. The number of rotatable bonds is 6. The molecule has 0 aromatic heterocycles. The first kappa shape index (κ1) is 14.9. The first-order valence-corrected chi connectivity index (χ1v) is 7.40. The van der Waals surface area contributed by atoms with Crippen molar-refractivity contribution in [1.82, 2.24) is 0 Å². The van der Waals surface area contributed by atoms with Gasteiger partial charge in [-0.25, -0.2) is 0 Å². The number of anilines is 1. The molecule has 0 saturated heterocycles. The number of hydrogen-bond acceptors (Lipinski definition) is 4. The van der Waals surface area contributed by atoms with Gasteiger partial charge in [0.25, 0.3) is 10.1 Å². The second-order valence-electron chi connectivity index (χ2n) is 4.24. The largest absolute Gasteiger partial charge is 0.392 e. The van der Waals surface area contributed by atoms with Crippen LogP contribution in [0.1, 0.15) is 18.1 Å². The first-order valence-electron chi connectivity index (χ1n) is 5.79. The van der Waals surface area contributed by atoms with Crippen LogP contribution in [0.3, 0.4) is 0 Å². The van der Waals surface area contributed by atoms with Gasteiger partial charge in [-0.05, 0) is 31.0 Å². The molecule has 102 valence electrons. The Balaban J connectivity index is 2.89. The summed E-state index contributed by atoms with van der Waals surface area (Å²) < 4.78 is 30.1. The summed E-state index contributed by atoms with van der Waals surface area (Å²) in [5.41, 5.74) is 2.73. The Morgan fingerprint density at radius 2 is 2.06 bits per heavy atom. The van der Waals surface area contributed by atoms with Crippen LogP contribution in [0.15, 0.2) is 18.2 Å². The van der Waals surface area contributed by atoms with Crippen molar-refractivity contribution in [2.24, 2.45) is 0 Å². The van der Waals surface area contributed by atoms with E-state index in [9.17, 15) is 13.5 Å². The normalized spacial score (nSPS) is 13.3. The zero-order chi connectivity index (χ0) is 13.8. The summed E-state index contributed by atoms with van der Waals surface area (Å²) in [6.45, 7) is 4.60. The second kappa shape index (κ2) is 6.17. The molecule has 0 radical (unpaired) electrons. The van der Waals surface area contributed by atoms with Crippen LogP contribution in [0.2, 0.25) is 0 Å². The van der Waals surface area contributed by atoms with Gasteiger partial charge in [0.1, 0.15) is 5.75 Å². The van der Waals surface area contributed by atoms with Crippen LogP contribution in [0.25, 0.3) is 0 Å². The zero-order valence-electron chi connectivity index (χ0n) is 10.5. The molecule has 0 saturated carbocycles. The van der Waals surface area contributed by atoms with Gasteiger partial charge in [-0.3, -0.25) is 4.55 Å². The molecule has 3 N–H and O–H groups in total. The van der Waals surface area contributed by atoms with Crippen LogP contribution < -0.4 is 5.32 Å². The summed E-state index contributed by atoms with van der Waals surface area (Å²) in [6, 6.07) is 5.67. The Morgan fingerprint density at radius 1 is 1.39 bits per heavy atom. The van der Waals surface area contributed by atoms with E-state index in [1.807, 2.05) is 32.0 Å². The van der Waals surface area contributed by atoms with Crippen LogP contribution in [0, 0.1) is 6.92 Å². The molecule has 1 atom stereocenters. The fourth-order valence-corrected chi connectivity index (χ4v) is 2.47. The molecule has 0 bridgehead atoms. The summed E-state index contributed by atoms with van der Waals surface area (Å²) in [5, 5.41) is 12.9. The third-order valence-corrected chi connectivity index (χ3v) is 3.43. The first-order chi connectivity index (χ1) is 8.33. The molecule has 0 heterocycles. The van der Waals surface area contributed by atoms with Gasteiger partial charge in [0.2, 0.25) is 0 Å². The van der Waals surface area contributed by atoms with E-state index in [4.69, 9.17) is 4.55 Å². The monoisotopic (exact) mass is 273 g/mol. The fourth-order valence-electron chi connectivity index (χ4n) is 1.87. The highest BCUT2D eigenvalue weighted by Gasteiger charge is 2.17. The Kier molecular flexibility index (Phi) is 5.13. The van der Waals surface area contributed by atoms with E-state index in [1.165, 1.54) is 0 Å². The molecule has 18 heavy (non-hydrogen) atoms. The van der Waals surface area contributed by atoms with Crippen molar-refractivity contribution in [3.63, 3.8) is 0 Å². The lowest BCUT2D eigenvalue weighted by Gasteiger charge is -2.16. The summed E-state index contributed by atoms with van der Waals surface area (Å²) in [5.74, 6) is -0.646. The summed E-state index contributed by atoms with van der Waals surface area (Å²) >= 11 is 0. The van der Waals surface area contributed by atoms with Crippen molar-refractivity contribution < 1.29 is 18.1 Å². The van der Waals surface area contributed by atoms with Crippen LogP contribution in [0.5, 0.6) is 0 Å². The Bertz CT molecular complexity index is 499. The highest BCUT2D eigenvalue weighted by Crippen LogP contribution is 2.21. The molecular formula is C12H19NO4S. The van der Waals surface area contributed by atoms with Gasteiger partial charge < -0.3 is 10.4 Å². The number of aliphatic hydroxyl groups is 1. The molecule has 0 amide bonds. The van der Waals surface area contributed by atoms with Gasteiger partial charge in [-0.15, -0.1) is 0 Å². The SMILES string of the molecule is CCNc1cccc(C)c1CC(O)CS(=O)(=O)O. The Morgan fingerprint density at radius 3 is 2.61 bits per heavy atom. The number of nitrogens with one attached hydrogen (secondary N) is 1. The van der Waals surface area contributed by atoms with Gasteiger partial charge in [0, 0.05) is 18.7 Å². The van der Waals surface area contributed by atoms with E-state index in [0.717, 1.165) is 23.4 Å². The predicted molar refractivity (Wildman–Crippen MR) is 71.5 cm³/mol. The lowest BCUT2D eigenvalue weighted by atomic mass is 10.0. The molecule has 6 heteroatoms. The molecule has 1 unspecified atom stereocenters. The molecule has 0 aliphatic rings. The minimum atomic E-state index is -4.15. The molecule has 1 rings (SSSR count). The van der Waals surface area contributed by atoms with Gasteiger partial charge in [0.05, 0.1) is 6.10 Å². The summed E-state index contributed by atoms with van der Waals surface area (Å²) in [4.78, 5) is 0. The van der Waals surface area contributed by atoms with Crippen molar-refractivity contribution in [2.45, 2.75) is 26.4 Å². The second-order valence-corrected chi connectivity index (χ2v) is 5.74. The van der Waals surface area contributed by atoms with E-state index in [1.54, 1.807) is 0 Å². The summed E-state index contributed by atoms with van der Waals surface area (Å²) in [6.07, 6.45) is -0.923. The third kappa shape index (κ3) is 4.64. The lowest BCUT2D eigenvalue weighted by Crippen LogP contribution is -2.23. The smallest absolute Gasteiger partial charge is 0.267 e. The lowest BCUT2D eigenvalue weighted by molar-refractivity contribution is 0.195. The minimum Gasteiger partial charge on any atom is -0.392 e. The van der Waals surface area contributed by atoms with E-state index >= 15 is 0 Å². The molecule has 1 aromatic carbocycles.